The number of sulfonamides is 1. The number of nitrogens with zero attached hydrogens (tertiary/aromatic N) is 3. The van der Waals surface area contributed by atoms with Crippen LogP contribution in [0.1, 0.15) is 11.5 Å². The largest absolute Gasteiger partial charge is 0.339 e. The van der Waals surface area contributed by atoms with Gasteiger partial charge in [-0.3, -0.25) is 0 Å². The van der Waals surface area contributed by atoms with Gasteiger partial charge in [-0.15, -0.1) is 0 Å². The molecule has 2 heterocycles. The molecular formula is C20H21N3O4S2. The smallest absolute Gasteiger partial charge is 0.262 e. The molecule has 3 aromatic rings. The molecule has 0 N–H and O–H groups in total. The molecular weight excluding hydrogens is 410 g/mol. The van der Waals surface area contributed by atoms with E-state index in [9.17, 15) is 16.8 Å². The Morgan fingerprint density at radius 1 is 0.897 bits per heavy atom. The van der Waals surface area contributed by atoms with Crippen molar-refractivity contribution in [2.24, 2.45) is 7.05 Å². The molecule has 0 saturated carbocycles. The minimum atomic E-state index is -3.90. The van der Waals surface area contributed by atoms with Crippen molar-refractivity contribution in [2.45, 2.75) is 21.1 Å². The lowest BCUT2D eigenvalue weighted by Gasteiger charge is -2.19. The standard InChI is InChI=1S/C20H21N3O4S2/c1-22-14-20(21-15-22)29(26,27)23-12-18(16-8-4-2-5-9-16)19(13-23)28(24,25)17-10-6-3-7-11-17/h2-11,14-15,18-19H,12-13H2,1H3/t18-,19+/m0/s1. The number of aryl methyl sites for hydroxylation is 1. The highest BCUT2D eigenvalue weighted by Gasteiger charge is 2.47. The molecule has 0 radical (unpaired) electrons. The summed E-state index contributed by atoms with van der Waals surface area (Å²) >= 11 is 0. The fraction of sp³-hybridized carbons (Fsp3) is 0.250. The molecule has 1 aliphatic rings. The quantitative estimate of drug-likeness (QED) is 0.617. The first-order valence-electron chi connectivity index (χ1n) is 9.12. The summed E-state index contributed by atoms with van der Waals surface area (Å²) in [6, 6.07) is 17.4. The van der Waals surface area contributed by atoms with Crippen LogP contribution in [0.5, 0.6) is 0 Å². The summed E-state index contributed by atoms with van der Waals surface area (Å²) in [6.45, 7) is -0.0324. The van der Waals surface area contributed by atoms with E-state index in [2.05, 4.69) is 4.98 Å². The van der Waals surface area contributed by atoms with Crippen LogP contribution in [0.3, 0.4) is 0 Å². The summed E-state index contributed by atoms with van der Waals surface area (Å²) in [5, 5.41) is -0.963. The van der Waals surface area contributed by atoms with Crippen LogP contribution in [-0.4, -0.2) is 49.0 Å². The third-order valence-electron chi connectivity index (χ3n) is 5.22. The van der Waals surface area contributed by atoms with Crippen molar-refractivity contribution in [3.05, 3.63) is 78.8 Å². The van der Waals surface area contributed by atoms with Gasteiger partial charge in [0.15, 0.2) is 14.9 Å². The Hall–Kier alpha value is -2.49. The molecule has 1 fully saturated rings. The molecule has 0 bridgehead atoms. The van der Waals surface area contributed by atoms with Gasteiger partial charge in [0.05, 0.1) is 16.5 Å². The zero-order chi connectivity index (χ0) is 20.6. The van der Waals surface area contributed by atoms with Gasteiger partial charge in [-0.05, 0) is 17.7 Å². The van der Waals surface area contributed by atoms with E-state index in [-0.39, 0.29) is 23.0 Å². The molecule has 1 saturated heterocycles. The number of hydrogen-bond donors (Lipinski definition) is 0. The Balaban J connectivity index is 1.77. The molecule has 0 aliphatic carbocycles. The van der Waals surface area contributed by atoms with E-state index in [0.717, 1.165) is 5.56 Å². The molecule has 0 amide bonds. The van der Waals surface area contributed by atoms with Gasteiger partial charge in [-0.2, -0.15) is 4.31 Å². The first kappa shape index (κ1) is 19.8. The van der Waals surface area contributed by atoms with Crippen LogP contribution in [0.4, 0.5) is 0 Å². The van der Waals surface area contributed by atoms with Crippen LogP contribution >= 0.6 is 0 Å². The number of hydrogen-bond acceptors (Lipinski definition) is 5. The molecule has 0 unspecified atom stereocenters. The minimum Gasteiger partial charge on any atom is -0.339 e. The molecule has 1 aromatic heterocycles. The van der Waals surface area contributed by atoms with E-state index in [1.165, 1.54) is 16.8 Å². The fourth-order valence-corrected chi connectivity index (χ4v) is 7.20. The van der Waals surface area contributed by atoms with E-state index >= 15 is 0 Å². The third-order valence-corrected chi connectivity index (χ3v) is 9.14. The van der Waals surface area contributed by atoms with Crippen LogP contribution in [0.2, 0.25) is 0 Å². The van der Waals surface area contributed by atoms with Crippen LogP contribution in [0, 0.1) is 0 Å². The highest BCUT2D eigenvalue weighted by molar-refractivity contribution is 7.92. The van der Waals surface area contributed by atoms with E-state index in [1.54, 1.807) is 41.9 Å². The Morgan fingerprint density at radius 3 is 2.10 bits per heavy atom. The summed E-state index contributed by atoms with van der Waals surface area (Å²) in [6.07, 6.45) is 2.84. The van der Waals surface area contributed by atoms with Gasteiger partial charge in [0.1, 0.15) is 0 Å². The lowest BCUT2D eigenvalue weighted by molar-refractivity contribution is 0.470. The Kier molecular flexibility index (Phi) is 5.05. The number of rotatable bonds is 5. The van der Waals surface area contributed by atoms with Gasteiger partial charge in [0.2, 0.25) is 0 Å². The maximum absolute atomic E-state index is 13.4. The van der Waals surface area contributed by atoms with E-state index in [4.69, 9.17) is 0 Å². The minimum absolute atomic E-state index is 0.0791. The van der Waals surface area contributed by atoms with Crippen LogP contribution in [0.25, 0.3) is 0 Å². The van der Waals surface area contributed by atoms with Crippen molar-refractivity contribution < 1.29 is 16.8 Å². The third kappa shape index (κ3) is 3.61. The van der Waals surface area contributed by atoms with Crippen molar-refractivity contribution in [2.75, 3.05) is 13.1 Å². The summed E-state index contributed by atoms with van der Waals surface area (Å²) in [4.78, 5) is 4.16. The van der Waals surface area contributed by atoms with Crippen LogP contribution in [0.15, 0.2) is 83.1 Å². The second-order valence-corrected chi connectivity index (χ2v) is 11.2. The predicted molar refractivity (Wildman–Crippen MR) is 109 cm³/mol. The molecule has 4 rings (SSSR count). The molecule has 1 aliphatic heterocycles. The average molecular weight is 432 g/mol. The summed E-state index contributed by atoms with van der Waals surface area (Å²) in [7, 11) is -5.95. The topological polar surface area (TPSA) is 89.3 Å². The molecule has 7 nitrogen and oxygen atoms in total. The van der Waals surface area contributed by atoms with Gasteiger partial charge < -0.3 is 4.57 Å². The molecule has 0 spiro atoms. The zero-order valence-electron chi connectivity index (χ0n) is 15.8. The SMILES string of the molecule is Cn1cnc(S(=O)(=O)N2C[C@@H](S(=O)(=O)c3ccccc3)[C@H](c3ccccc3)C2)c1. The van der Waals surface area contributed by atoms with Gasteiger partial charge in [-0.25, -0.2) is 21.8 Å². The Labute approximate surface area is 170 Å². The average Bonchev–Trinajstić information content (AvgIpc) is 3.37. The van der Waals surface area contributed by atoms with Crippen molar-refractivity contribution in [1.82, 2.24) is 13.9 Å². The maximum Gasteiger partial charge on any atom is 0.262 e. The molecule has 9 heteroatoms. The summed E-state index contributed by atoms with van der Waals surface area (Å²) < 4.78 is 55.7. The highest BCUT2D eigenvalue weighted by atomic mass is 32.2. The predicted octanol–water partition coefficient (Wildman–Crippen LogP) is 2.05. The van der Waals surface area contributed by atoms with Gasteiger partial charge in [0.25, 0.3) is 10.0 Å². The fourth-order valence-electron chi connectivity index (χ4n) is 3.71. The lowest BCUT2D eigenvalue weighted by Crippen LogP contribution is -2.32. The first-order valence-corrected chi connectivity index (χ1v) is 12.1. The maximum atomic E-state index is 13.4. The molecule has 2 atom stereocenters. The van der Waals surface area contributed by atoms with E-state index in [1.807, 2.05) is 30.3 Å². The van der Waals surface area contributed by atoms with Crippen molar-refractivity contribution >= 4 is 19.9 Å². The van der Waals surface area contributed by atoms with Crippen molar-refractivity contribution in [3.63, 3.8) is 0 Å². The van der Waals surface area contributed by atoms with Gasteiger partial charge >= 0.3 is 0 Å². The Morgan fingerprint density at radius 2 is 1.52 bits per heavy atom. The normalized spacial score (nSPS) is 20.7. The molecule has 2 aromatic carbocycles. The molecule has 152 valence electrons. The van der Waals surface area contributed by atoms with Crippen molar-refractivity contribution in [3.8, 4) is 0 Å². The zero-order valence-corrected chi connectivity index (χ0v) is 17.4. The monoisotopic (exact) mass is 431 g/mol. The number of aromatic nitrogens is 2. The molecule has 29 heavy (non-hydrogen) atoms. The number of sulfone groups is 1. The number of imidazole rings is 1. The highest BCUT2D eigenvalue weighted by Crippen LogP contribution is 2.37. The second-order valence-electron chi connectivity index (χ2n) is 7.11. The van der Waals surface area contributed by atoms with E-state index < -0.39 is 31.0 Å². The van der Waals surface area contributed by atoms with Crippen LogP contribution in [-0.2, 0) is 26.9 Å². The Bertz CT molecular complexity index is 1210. The lowest BCUT2D eigenvalue weighted by atomic mass is 9.98. The second kappa shape index (κ2) is 7.40. The van der Waals surface area contributed by atoms with E-state index in [0.29, 0.717) is 0 Å². The number of benzene rings is 2. The van der Waals surface area contributed by atoms with Gasteiger partial charge in [-0.1, -0.05) is 48.5 Å². The van der Waals surface area contributed by atoms with Crippen molar-refractivity contribution in [1.29, 1.82) is 0 Å². The first-order chi connectivity index (χ1) is 13.8. The van der Waals surface area contributed by atoms with Crippen LogP contribution < -0.4 is 0 Å². The summed E-state index contributed by atoms with van der Waals surface area (Å²) in [5.74, 6) is -0.472. The van der Waals surface area contributed by atoms with Gasteiger partial charge in [0, 0.05) is 32.3 Å². The summed E-state index contributed by atoms with van der Waals surface area (Å²) in [5.41, 5.74) is 0.802.